The number of nitrogens with zero attached hydrogens (tertiary/aromatic N) is 2. The van der Waals surface area contributed by atoms with E-state index in [0.29, 0.717) is 37.8 Å². The van der Waals surface area contributed by atoms with Gasteiger partial charge in [-0.15, -0.1) is 0 Å². The largest absolute Gasteiger partial charge is 0.379 e. The fourth-order valence-electron chi connectivity index (χ4n) is 2.34. The van der Waals surface area contributed by atoms with Gasteiger partial charge >= 0.3 is 0 Å². The number of hydrogen-bond acceptors (Lipinski definition) is 6. The van der Waals surface area contributed by atoms with Gasteiger partial charge in [-0.3, -0.25) is 4.79 Å². The molecule has 1 fully saturated rings. The third-order valence-corrected chi connectivity index (χ3v) is 5.45. The Balaban J connectivity index is 1.80. The van der Waals surface area contributed by atoms with Crippen LogP contribution in [0.15, 0.2) is 39.8 Å². The molecule has 0 spiro atoms. The minimum absolute atomic E-state index is 0.124. The quantitative estimate of drug-likeness (QED) is 0.890. The standard InChI is InChI=1S/C15H17N3O5S/c1-11-9-14(17-23-11)15(19)16-12-3-2-4-13(10-12)24(20,21)18-5-7-22-8-6-18/h2-4,9-10H,5-8H2,1H3,(H,16,19). The molecule has 0 atom stereocenters. The summed E-state index contributed by atoms with van der Waals surface area (Å²) in [5.41, 5.74) is 0.504. The Morgan fingerprint density at radius 1 is 1.25 bits per heavy atom. The Morgan fingerprint density at radius 2 is 2.00 bits per heavy atom. The van der Waals surface area contributed by atoms with Crippen LogP contribution in [0.1, 0.15) is 16.2 Å². The van der Waals surface area contributed by atoms with E-state index < -0.39 is 15.9 Å². The van der Waals surface area contributed by atoms with Gasteiger partial charge in [0.25, 0.3) is 5.91 Å². The van der Waals surface area contributed by atoms with Gasteiger partial charge in [0, 0.05) is 24.8 Å². The number of amides is 1. The molecule has 3 rings (SSSR count). The first-order chi connectivity index (χ1) is 11.5. The summed E-state index contributed by atoms with van der Waals surface area (Å²) in [4.78, 5) is 12.2. The van der Waals surface area contributed by atoms with Crippen molar-refractivity contribution in [2.75, 3.05) is 31.6 Å². The first-order valence-corrected chi connectivity index (χ1v) is 8.83. The lowest BCUT2D eigenvalue weighted by molar-refractivity contribution is 0.0730. The minimum atomic E-state index is -3.61. The van der Waals surface area contributed by atoms with Crippen LogP contribution in [0.3, 0.4) is 0 Å². The van der Waals surface area contributed by atoms with E-state index >= 15 is 0 Å². The van der Waals surface area contributed by atoms with Crippen molar-refractivity contribution in [2.45, 2.75) is 11.8 Å². The summed E-state index contributed by atoms with van der Waals surface area (Å²) < 4.78 is 36.7. The van der Waals surface area contributed by atoms with E-state index in [1.54, 1.807) is 19.1 Å². The molecular weight excluding hydrogens is 334 g/mol. The van der Waals surface area contributed by atoms with Crippen molar-refractivity contribution < 1.29 is 22.5 Å². The van der Waals surface area contributed by atoms with E-state index in [4.69, 9.17) is 9.26 Å². The number of rotatable bonds is 4. The molecule has 2 heterocycles. The van der Waals surface area contributed by atoms with Gasteiger partial charge in [-0.25, -0.2) is 8.42 Å². The second-order valence-electron chi connectivity index (χ2n) is 5.32. The smallest absolute Gasteiger partial charge is 0.277 e. The maximum atomic E-state index is 12.6. The number of carbonyl (C=O) groups excluding carboxylic acids is 1. The molecule has 2 aromatic rings. The van der Waals surface area contributed by atoms with Crippen LogP contribution in [-0.4, -0.2) is 50.1 Å². The first-order valence-electron chi connectivity index (χ1n) is 7.39. The molecule has 9 heteroatoms. The van der Waals surface area contributed by atoms with E-state index in [1.807, 2.05) is 0 Å². The molecule has 0 bridgehead atoms. The normalized spacial score (nSPS) is 16.0. The van der Waals surface area contributed by atoms with Crippen LogP contribution >= 0.6 is 0 Å². The highest BCUT2D eigenvalue weighted by Crippen LogP contribution is 2.21. The van der Waals surface area contributed by atoms with Crippen molar-refractivity contribution in [2.24, 2.45) is 0 Å². The monoisotopic (exact) mass is 351 g/mol. The zero-order valence-electron chi connectivity index (χ0n) is 13.1. The molecule has 24 heavy (non-hydrogen) atoms. The number of nitrogens with one attached hydrogen (secondary N) is 1. The SMILES string of the molecule is Cc1cc(C(=O)Nc2cccc(S(=O)(=O)N3CCOCC3)c2)no1. The Hall–Kier alpha value is -2.23. The highest BCUT2D eigenvalue weighted by atomic mass is 32.2. The zero-order valence-corrected chi connectivity index (χ0v) is 13.9. The van der Waals surface area contributed by atoms with E-state index in [-0.39, 0.29) is 10.6 Å². The fourth-order valence-corrected chi connectivity index (χ4v) is 3.79. The van der Waals surface area contributed by atoms with Crippen LogP contribution in [0.4, 0.5) is 5.69 Å². The first kappa shape index (κ1) is 16.6. The third-order valence-electron chi connectivity index (χ3n) is 3.56. The lowest BCUT2D eigenvalue weighted by Gasteiger charge is -2.26. The topological polar surface area (TPSA) is 102 Å². The van der Waals surface area contributed by atoms with Crippen LogP contribution in [-0.2, 0) is 14.8 Å². The number of anilines is 1. The summed E-state index contributed by atoms with van der Waals surface area (Å²) in [6.45, 7) is 3.07. The Morgan fingerprint density at radius 3 is 2.67 bits per heavy atom. The fraction of sp³-hybridized carbons (Fsp3) is 0.333. The summed E-state index contributed by atoms with van der Waals surface area (Å²) in [7, 11) is -3.61. The second kappa shape index (κ2) is 6.71. The molecule has 1 aliphatic rings. The molecule has 0 radical (unpaired) electrons. The summed E-state index contributed by atoms with van der Waals surface area (Å²) in [5.74, 6) is 0.0524. The molecule has 1 N–H and O–H groups in total. The van der Waals surface area contributed by atoms with Crippen LogP contribution < -0.4 is 5.32 Å². The summed E-state index contributed by atoms with van der Waals surface area (Å²) in [6.07, 6.45) is 0. The van der Waals surface area contributed by atoms with Gasteiger partial charge in [0.2, 0.25) is 10.0 Å². The molecule has 1 aromatic carbocycles. The van der Waals surface area contributed by atoms with E-state index in [9.17, 15) is 13.2 Å². The van der Waals surface area contributed by atoms with Crippen molar-refractivity contribution in [1.82, 2.24) is 9.46 Å². The Bertz CT molecular complexity index is 840. The maximum absolute atomic E-state index is 12.6. The van der Waals surface area contributed by atoms with Crippen molar-refractivity contribution in [1.29, 1.82) is 0 Å². The maximum Gasteiger partial charge on any atom is 0.277 e. The highest BCUT2D eigenvalue weighted by Gasteiger charge is 2.26. The molecule has 128 valence electrons. The van der Waals surface area contributed by atoms with Crippen molar-refractivity contribution in [3.05, 3.63) is 41.8 Å². The molecule has 1 aromatic heterocycles. The summed E-state index contributed by atoms with van der Waals surface area (Å²) >= 11 is 0. The van der Waals surface area contributed by atoms with Crippen LogP contribution in [0.5, 0.6) is 0 Å². The lowest BCUT2D eigenvalue weighted by atomic mass is 10.3. The van der Waals surface area contributed by atoms with Crippen LogP contribution in [0.25, 0.3) is 0 Å². The van der Waals surface area contributed by atoms with Gasteiger partial charge in [-0.2, -0.15) is 4.31 Å². The molecule has 1 amide bonds. The molecule has 8 nitrogen and oxygen atoms in total. The van der Waals surface area contributed by atoms with Gasteiger partial charge in [-0.1, -0.05) is 11.2 Å². The second-order valence-corrected chi connectivity index (χ2v) is 7.26. The van der Waals surface area contributed by atoms with Crippen molar-refractivity contribution in [3.8, 4) is 0 Å². The average molecular weight is 351 g/mol. The van der Waals surface area contributed by atoms with Gasteiger partial charge < -0.3 is 14.6 Å². The number of hydrogen-bond donors (Lipinski definition) is 1. The predicted molar refractivity (Wildman–Crippen MR) is 85.2 cm³/mol. The van der Waals surface area contributed by atoms with Crippen LogP contribution in [0.2, 0.25) is 0 Å². The number of aryl methyl sites for hydroxylation is 1. The molecule has 1 aliphatic heterocycles. The number of morpholine rings is 1. The lowest BCUT2D eigenvalue weighted by Crippen LogP contribution is -2.40. The Kier molecular flexibility index (Phi) is 4.65. The molecule has 0 unspecified atom stereocenters. The van der Waals surface area contributed by atoms with Gasteiger partial charge in [0.05, 0.1) is 18.1 Å². The summed E-state index contributed by atoms with van der Waals surface area (Å²) in [5, 5.41) is 6.25. The molecule has 1 saturated heterocycles. The number of aromatic nitrogens is 1. The number of sulfonamides is 1. The van der Waals surface area contributed by atoms with Gasteiger partial charge in [0.1, 0.15) is 5.76 Å². The predicted octanol–water partition coefficient (Wildman–Crippen LogP) is 1.26. The van der Waals surface area contributed by atoms with Crippen LogP contribution in [0, 0.1) is 6.92 Å². The van der Waals surface area contributed by atoms with Crippen molar-refractivity contribution >= 4 is 21.6 Å². The minimum Gasteiger partial charge on any atom is -0.379 e. The number of benzene rings is 1. The number of ether oxygens (including phenoxy) is 1. The van der Waals surface area contributed by atoms with E-state index in [1.165, 1.54) is 22.5 Å². The third kappa shape index (κ3) is 3.48. The average Bonchev–Trinajstić information content (AvgIpc) is 3.02. The van der Waals surface area contributed by atoms with Gasteiger partial charge in [-0.05, 0) is 25.1 Å². The molecule has 0 saturated carbocycles. The van der Waals surface area contributed by atoms with Gasteiger partial charge in [0.15, 0.2) is 5.69 Å². The Labute approximate surface area is 139 Å². The van der Waals surface area contributed by atoms with Crippen molar-refractivity contribution in [3.63, 3.8) is 0 Å². The molecule has 0 aliphatic carbocycles. The molecular formula is C15H17N3O5S. The number of carbonyl (C=O) groups is 1. The summed E-state index contributed by atoms with van der Waals surface area (Å²) in [6, 6.07) is 7.63. The van der Waals surface area contributed by atoms with E-state index in [0.717, 1.165) is 0 Å². The highest BCUT2D eigenvalue weighted by molar-refractivity contribution is 7.89. The zero-order chi connectivity index (χ0) is 17.2. The van der Waals surface area contributed by atoms with E-state index in [2.05, 4.69) is 10.5 Å².